The molecule has 1 fully saturated rings. The lowest BCUT2D eigenvalue weighted by atomic mass is 9.85. The van der Waals surface area contributed by atoms with Crippen molar-refractivity contribution < 1.29 is 14.7 Å². The van der Waals surface area contributed by atoms with E-state index < -0.39 is 5.97 Å². The van der Waals surface area contributed by atoms with Crippen LogP contribution in [0, 0.1) is 5.92 Å². The fourth-order valence-electron chi connectivity index (χ4n) is 3.13. The van der Waals surface area contributed by atoms with Crippen LogP contribution in [0.1, 0.15) is 59.8 Å². The Morgan fingerprint density at radius 1 is 1.19 bits per heavy atom. The third-order valence-corrected chi connectivity index (χ3v) is 4.46. The van der Waals surface area contributed by atoms with Gasteiger partial charge in [0.2, 0.25) is 0 Å². The Morgan fingerprint density at radius 2 is 1.76 bits per heavy atom. The zero-order valence-electron chi connectivity index (χ0n) is 14.1. The summed E-state index contributed by atoms with van der Waals surface area (Å²) in [4.78, 5) is 27.1. The largest absolute Gasteiger partial charge is 0.481 e. The minimum Gasteiger partial charge on any atom is -0.481 e. The molecule has 0 aliphatic heterocycles. The van der Waals surface area contributed by atoms with E-state index in [0.717, 1.165) is 19.3 Å². The number of amides is 2. The van der Waals surface area contributed by atoms with Crippen molar-refractivity contribution in [1.29, 1.82) is 0 Å². The summed E-state index contributed by atoms with van der Waals surface area (Å²) in [6.07, 6.45) is 4.59. The van der Waals surface area contributed by atoms with Crippen LogP contribution in [-0.2, 0) is 4.79 Å². The highest BCUT2D eigenvalue weighted by atomic mass is 16.4. The predicted molar refractivity (Wildman–Crippen MR) is 83.3 cm³/mol. The third kappa shape index (κ3) is 4.90. The topological polar surface area (TPSA) is 60.9 Å². The molecule has 0 aromatic rings. The number of carboxylic acids is 1. The van der Waals surface area contributed by atoms with Gasteiger partial charge in [0.1, 0.15) is 0 Å². The zero-order chi connectivity index (χ0) is 16.2. The molecule has 1 aliphatic rings. The van der Waals surface area contributed by atoms with Crippen LogP contribution in [0.2, 0.25) is 0 Å². The molecule has 0 radical (unpaired) electrons. The lowest BCUT2D eigenvalue weighted by Gasteiger charge is -2.43. The molecule has 21 heavy (non-hydrogen) atoms. The first kappa shape index (κ1) is 17.8. The van der Waals surface area contributed by atoms with Gasteiger partial charge in [0, 0.05) is 25.2 Å². The number of rotatable bonds is 4. The molecule has 2 amide bonds. The molecule has 1 aliphatic carbocycles. The van der Waals surface area contributed by atoms with E-state index in [2.05, 4.69) is 6.92 Å². The highest BCUT2D eigenvalue weighted by molar-refractivity contribution is 5.76. The average molecular weight is 298 g/mol. The monoisotopic (exact) mass is 298 g/mol. The minimum atomic E-state index is -0.870. The van der Waals surface area contributed by atoms with Crippen molar-refractivity contribution in [2.24, 2.45) is 5.92 Å². The number of hydrogen-bond donors (Lipinski definition) is 1. The number of carbonyl (C=O) groups excluding carboxylic acids is 1. The Labute approximate surface area is 128 Å². The Kier molecular flexibility index (Phi) is 6.05. The first-order valence-corrected chi connectivity index (χ1v) is 7.91. The maximum atomic E-state index is 12.8. The number of carbonyl (C=O) groups is 2. The van der Waals surface area contributed by atoms with Crippen molar-refractivity contribution in [3.05, 3.63) is 0 Å². The Hall–Kier alpha value is -1.26. The Bertz CT molecular complexity index is 376. The molecule has 0 spiro atoms. The van der Waals surface area contributed by atoms with Crippen LogP contribution in [0.5, 0.6) is 0 Å². The molecule has 2 atom stereocenters. The normalized spacial score (nSPS) is 22.7. The van der Waals surface area contributed by atoms with Gasteiger partial charge < -0.3 is 14.9 Å². The van der Waals surface area contributed by atoms with Gasteiger partial charge in [0.05, 0.1) is 6.42 Å². The fraction of sp³-hybridized carbons (Fsp3) is 0.875. The summed E-state index contributed by atoms with van der Waals surface area (Å²) in [5.74, 6) is -0.361. The van der Waals surface area contributed by atoms with Gasteiger partial charge in [-0.1, -0.05) is 19.8 Å². The minimum absolute atomic E-state index is 0.0168. The van der Waals surface area contributed by atoms with Crippen molar-refractivity contribution in [3.8, 4) is 0 Å². The molecule has 0 bridgehead atoms. The second kappa shape index (κ2) is 7.14. The van der Waals surface area contributed by atoms with Crippen LogP contribution in [0.15, 0.2) is 0 Å². The lowest BCUT2D eigenvalue weighted by Crippen LogP contribution is -2.55. The van der Waals surface area contributed by atoms with Crippen molar-refractivity contribution in [3.63, 3.8) is 0 Å². The van der Waals surface area contributed by atoms with E-state index in [1.807, 2.05) is 32.7 Å². The molecule has 1 rings (SSSR count). The number of urea groups is 1. The van der Waals surface area contributed by atoms with Gasteiger partial charge >= 0.3 is 12.0 Å². The van der Waals surface area contributed by atoms with Crippen LogP contribution in [-0.4, -0.2) is 52.1 Å². The molecule has 1 saturated carbocycles. The second-order valence-electron chi connectivity index (χ2n) is 7.19. The highest BCUT2D eigenvalue weighted by Gasteiger charge is 2.34. The number of nitrogens with zero attached hydrogens (tertiary/aromatic N) is 2. The van der Waals surface area contributed by atoms with E-state index in [0.29, 0.717) is 5.92 Å². The van der Waals surface area contributed by atoms with Crippen molar-refractivity contribution >= 4 is 12.0 Å². The maximum absolute atomic E-state index is 12.8. The molecule has 2 unspecified atom stereocenters. The van der Waals surface area contributed by atoms with E-state index in [9.17, 15) is 9.59 Å². The van der Waals surface area contributed by atoms with Crippen molar-refractivity contribution in [2.45, 2.75) is 71.4 Å². The Morgan fingerprint density at radius 3 is 2.24 bits per heavy atom. The van der Waals surface area contributed by atoms with E-state index in [4.69, 9.17) is 5.11 Å². The van der Waals surface area contributed by atoms with Gasteiger partial charge in [-0.15, -0.1) is 0 Å². The summed E-state index contributed by atoms with van der Waals surface area (Å²) in [6.45, 7) is 8.30. The van der Waals surface area contributed by atoms with Gasteiger partial charge in [-0.05, 0) is 39.5 Å². The van der Waals surface area contributed by atoms with Gasteiger partial charge in [-0.25, -0.2) is 4.79 Å². The average Bonchev–Trinajstić information content (AvgIpc) is 2.36. The van der Waals surface area contributed by atoms with Crippen LogP contribution in [0.3, 0.4) is 0 Å². The van der Waals surface area contributed by atoms with Crippen LogP contribution >= 0.6 is 0 Å². The molecule has 5 nitrogen and oxygen atoms in total. The summed E-state index contributed by atoms with van der Waals surface area (Å²) in [5.41, 5.74) is -0.376. The summed E-state index contributed by atoms with van der Waals surface area (Å²) in [5, 5.41) is 8.89. The Balaban J connectivity index is 2.80. The van der Waals surface area contributed by atoms with E-state index in [-0.39, 0.29) is 30.6 Å². The van der Waals surface area contributed by atoms with Crippen LogP contribution in [0.4, 0.5) is 4.79 Å². The first-order valence-electron chi connectivity index (χ1n) is 7.91. The highest BCUT2D eigenvalue weighted by Crippen LogP contribution is 2.29. The zero-order valence-corrected chi connectivity index (χ0v) is 14.1. The predicted octanol–water partition coefficient (Wildman–Crippen LogP) is 3.19. The fourth-order valence-corrected chi connectivity index (χ4v) is 3.13. The van der Waals surface area contributed by atoms with E-state index in [1.54, 1.807) is 4.90 Å². The molecule has 1 N–H and O–H groups in total. The molecule has 5 heteroatoms. The molecule has 0 heterocycles. The summed E-state index contributed by atoms with van der Waals surface area (Å²) >= 11 is 0. The van der Waals surface area contributed by atoms with E-state index in [1.165, 1.54) is 6.42 Å². The SMILES string of the molecule is CC1CCCCC1N(C)C(=O)N(CCC(=O)O)C(C)(C)C. The number of hydrogen-bond acceptors (Lipinski definition) is 2. The van der Waals surface area contributed by atoms with Gasteiger partial charge in [-0.3, -0.25) is 4.79 Å². The van der Waals surface area contributed by atoms with Gasteiger partial charge in [0.25, 0.3) is 0 Å². The molecule has 122 valence electrons. The van der Waals surface area contributed by atoms with Gasteiger partial charge in [0.15, 0.2) is 0 Å². The standard InChI is InChI=1S/C16H30N2O3/c1-12-8-6-7-9-13(12)17(5)15(21)18(16(2,3)4)11-10-14(19)20/h12-13H,6-11H2,1-5H3,(H,19,20). The number of aliphatic carboxylic acids is 1. The molecule has 0 saturated heterocycles. The first-order chi connectivity index (χ1) is 9.64. The molecule has 0 aromatic carbocycles. The van der Waals surface area contributed by atoms with Crippen molar-refractivity contribution in [2.75, 3.05) is 13.6 Å². The summed E-state index contributed by atoms with van der Waals surface area (Å²) in [7, 11) is 1.86. The van der Waals surface area contributed by atoms with Crippen molar-refractivity contribution in [1.82, 2.24) is 9.80 Å². The molecular formula is C16H30N2O3. The van der Waals surface area contributed by atoms with Gasteiger partial charge in [-0.2, -0.15) is 0 Å². The molecular weight excluding hydrogens is 268 g/mol. The molecule has 0 aromatic heterocycles. The quantitative estimate of drug-likeness (QED) is 0.867. The summed E-state index contributed by atoms with van der Waals surface area (Å²) < 4.78 is 0. The van der Waals surface area contributed by atoms with Crippen LogP contribution < -0.4 is 0 Å². The van der Waals surface area contributed by atoms with Crippen LogP contribution in [0.25, 0.3) is 0 Å². The summed E-state index contributed by atoms with van der Waals surface area (Å²) in [6, 6.07) is 0.212. The smallest absolute Gasteiger partial charge is 0.320 e. The maximum Gasteiger partial charge on any atom is 0.320 e. The number of carboxylic acid groups (broad SMARTS) is 1. The van der Waals surface area contributed by atoms with E-state index >= 15 is 0 Å². The lowest BCUT2D eigenvalue weighted by molar-refractivity contribution is -0.137. The third-order valence-electron chi connectivity index (χ3n) is 4.46. The second-order valence-corrected chi connectivity index (χ2v) is 7.19.